The molecule has 2 rings (SSSR count). The molecule has 0 unspecified atom stereocenters. The number of likely N-dealkylation sites (tertiary alicyclic amines) is 1. The molecule has 1 fully saturated rings. The molecule has 1 N–H and O–H groups in total. The topological polar surface area (TPSA) is 58.4 Å². The summed E-state index contributed by atoms with van der Waals surface area (Å²) in [6.45, 7) is 2.11. The van der Waals surface area contributed by atoms with Crippen molar-refractivity contribution in [3.05, 3.63) is 34.4 Å². The average molecular weight is 249 g/mol. The first-order valence-electron chi connectivity index (χ1n) is 6.35. The maximum Gasteiger partial charge on any atom is 0.269 e. The van der Waals surface area contributed by atoms with E-state index in [2.05, 4.69) is 17.3 Å². The Morgan fingerprint density at radius 2 is 2.17 bits per heavy atom. The number of hydrogen-bond acceptors (Lipinski definition) is 4. The van der Waals surface area contributed by atoms with E-state index in [1.807, 2.05) is 0 Å². The number of rotatable bonds is 5. The lowest BCUT2D eigenvalue weighted by atomic mass is 10.1. The second-order valence-corrected chi connectivity index (χ2v) is 4.80. The summed E-state index contributed by atoms with van der Waals surface area (Å²) in [4.78, 5) is 12.5. The Morgan fingerprint density at radius 3 is 2.72 bits per heavy atom. The lowest BCUT2D eigenvalue weighted by Crippen LogP contribution is -2.26. The van der Waals surface area contributed by atoms with Gasteiger partial charge in [-0.05, 0) is 45.0 Å². The van der Waals surface area contributed by atoms with Gasteiger partial charge in [-0.3, -0.25) is 10.1 Å². The van der Waals surface area contributed by atoms with Crippen molar-refractivity contribution in [1.29, 1.82) is 0 Å². The molecule has 1 aromatic carbocycles. The van der Waals surface area contributed by atoms with Crippen molar-refractivity contribution in [3.63, 3.8) is 0 Å². The Hall–Kier alpha value is -1.62. The standard InChI is InChI=1S/C13H19N3O2/c1-15-10-2-3-12(15)8-9-14-11-4-6-13(7-5-11)16(17)18/h4-7,12,14H,2-3,8-10H2,1H3/t12-/m1/s1. The third-order valence-corrected chi connectivity index (χ3v) is 3.56. The van der Waals surface area contributed by atoms with E-state index in [1.165, 1.54) is 31.5 Å². The van der Waals surface area contributed by atoms with E-state index >= 15 is 0 Å². The maximum atomic E-state index is 10.5. The summed E-state index contributed by atoms with van der Waals surface area (Å²) in [5.74, 6) is 0. The molecule has 1 aromatic rings. The predicted octanol–water partition coefficient (Wildman–Crippen LogP) is 2.49. The number of non-ortho nitro benzene ring substituents is 1. The van der Waals surface area contributed by atoms with Crippen molar-refractivity contribution in [1.82, 2.24) is 4.90 Å². The predicted molar refractivity (Wildman–Crippen MR) is 71.9 cm³/mol. The lowest BCUT2D eigenvalue weighted by molar-refractivity contribution is -0.384. The third-order valence-electron chi connectivity index (χ3n) is 3.56. The zero-order valence-corrected chi connectivity index (χ0v) is 10.6. The highest BCUT2D eigenvalue weighted by Gasteiger charge is 2.19. The molecule has 0 radical (unpaired) electrons. The van der Waals surface area contributed by atoms with Crippen LogP contribution in [0.2, 0.25) is 0 Å². The van der Waals surface area contributed by atoms with Gasteiger partial charge in [0.1, 0.15) is 0 Å². The van der Waals surface area contributed by atoms with E-state index in [4.69, 9.17) is 0 Å². The molecule has 5 heteroatoms. The number of nitro groups is 1. The van der Waals surface area contributed by atoms with Crippen LogP contribution in [0.4, 0.5) is 11.4 Å². The van der Waals surface area contributed by atoms with Crippen LogP contribution in [0, 0.1) is 10.1 Å². The smallest absolute Gasteiger partial charge is 0.269 e. The van der Waals surface area contributed by atoms with Crippen LogP contribution in [-0.2, 0) is 0 Å². The van der Waals surface area contributed by atoms with Gasteiger partial charge in [0.05, 0.1) is 4.92 Å². The highest BCUT2D eigenvalue weighted by Crippen LogP contribution is 2.19. The Kier molecular flexibility index (Phi) is 4.15. The number of benzene rings is 1. The van der Waals surface area contributed by atoms with Crippen LogP contribution < -0.4 is 5.32 Å². The van der Waals surface area contributed by atoms with Crippen LogP contribution in [0.1, 0.15) is 19.3 Å². The molecule has 5 nitrogen and oxygen atoms in total. The second kappa shape index (κ2) is 5.82. The van der Waals surface area contributed by atoms with Gasteiger partial charge in [-0.15, -0.1) is 0 Å². The zero-order chi connectivity index (χ0) is 13.0. The largest absolute Gasteiger partial charge is 0.385 e. The molecule has 0 saturated carbocycles. The molecule has 1 aliphatic heterocycles. The molecule has 0 aliphatic carbocycles. The monoisotopic (exact) mass is 249 g/mol. The summed E-state index contributed by atoms with van der Waals surface area (Å²) in [6, 6.07) is 7.26. The van der Waals surface area contributed by atoms with Crippen LogP contribution in [0.5, 0.6) is 0 Å². The van der Waals surface area contributed by atoms with E-state index in [0.29, 0.717) is 6.04 Å². The van der Waals surface area contributed by atoms with Gasteiger partial charge in [-0.1, -0.05) is 0 Å². The van der Waals surface area contributed by atoms with Gasteiger partial charge in [0.25, 0.3) is 5.69 Å². The van der Waals surface area contributed by atoms with Gasteiger partial charge in [-0.25, -0.2) is 0 Å². The molecule has 0 spiro atoms. The van der Waals surface area contributed by atoms with E-state index in [-0.39, 0.29) is 10.6 Å². The summed E-state index contributed by atoms with van der Waals surface area (Å²) in [6.07, 6.45) is 3.69. The normalized spacial score (nSPS) is 19.9. The minimum absolute atomic E-state index is 0.135. The molecule has 98 valence electrons. The van der Waals surface area contributed by atoms with Crippen molar-refractivity contribution in [2.75, 3.05) is 25.5 Å². The minimum Gasteiger partial charge on any atom is -0.385 e. The Labute approximate surface area is 107 Å². The van der Waals surface area contributed by atoms with Crippen LogP contribution in [0.15, 0.2) is 24.3 Å². The molecule has 0 aromatic heterocycles. The highest BCUT2D eigenvalue weighted by atomic mass is 16.6. The second-order valence-electron chi connectivity index (χ2n) is 4.80. The van der Waals surface area contributed by atoms with Gasteiger partial charge in [0.2, 0.25) is 0 Å². The SMILES string of the molecule is CN1CCC[C@@H]1CCNc1ccc([N+](=O)[O-])cc1. The van der Waals surface area contributed by atoms with Crippen molar-refractivity contribution in [3.8, 4) is 0 Å². The first kappa shape index (κ1) is 12.8. The van der Waals surface area contributed by atoms with Crippen molar-refractivity contribution in [2.24, 2.45) is 0 Å². The summed E-state index contributed by atoms with van der Waals surface area (Å²) in [7, 11) is 2.17. The quantitative estimate of drug-likeness (QED) is 0.643. The Morgan fingerprint density at radius 1 is 1.44 bits per heavy atom. The van der Waals surface area contributed by atoms with Gasteiger partial charge in [-0.2, -0.15) is 0 Å². The number of hydrogen-bond donors (Lipinski definition) is 1. The molecule has 1 heterocycles. The highest BCUT2D eigenvalue weighted by molar-refractivity contribution is 5.48. The fourth-order valence-corrected chi connectivity index (χ4v) is 2.43. The van der Waals surface area contributed by atoms with E-state index < -0.39 is 0 Å². The third kappa shape index (κ3) is 3.20. The zero-order valence-electron chi connectivity index (χ0n) is 10.6. The average Bonchev–Trinajstić information content (AvgIpc) is 2.76. The molecular weight excluding hydrogens is 230 g/mol. The minimum atomic E-state index is -0.378. The van der Waals surface area contributed by atoms with E-state index in [0.717, 1.165) is 18.7 Å². The van der Waals surface area contributed by atoms with E-state index in [9.17, 15) is 10.1 Å². The molecule has 18 heavy (non-hydrogen) atoms. The number of nitro benzene ring substituents is 1. The van der Waals surface area contributed by atoms with Gasteiger partial charge in [0.15, 0.2) is 0 Å². The van der Waals surface area contributed by atoms with Crippen molar-refractivity contribution < 1.29 is 4.92 Å². The fourth-order valence-electron chi connectivity index (χ4n) is 2.43. The fraction of sp³-hybridized carbons (Fsp3) is 0.538. The summed E-state index contributed by atoms with van der Waals surface area (Å²) >= 11 is 0. The lowest BCUT2D eigenvalue weighted by Gasteiger charge is -2.19. The summed E-state index contributed by atoms with van der Waals surface area (Å²) < 4.78 is 0. The molecule has 1 atom stereocenters. The maximum absolute atomic E-state index is 10.5. The first-order chi connectivity index (χ1) is 8.66. The van der Waals surface area contributed by atoms with Gasteiger partial charge < -0.3 is 10.2 Å². The van der Waals surface area contributed by atoms with Gasteiger partial charge in [0, 0.05) is 30.4 Å². The van der Waals surface area contributed by atoms with Crippen LogP contribution in [0.3, 0.4) is 0 Å². The molecule has 0 bridgehead atoms. The Bertz CT molecular complexity index is 405. The van der Waals surface area contributed by atoms with Crippen molar-refractivity contribution >= 4 is 11.4 Å². The number of anilines is 1. The first-order valence-corrected chi connectivity index (χ1v) is 6.35. The number of nitrogens with zero attached hydrogens (tertiary/aromatic N) is 2. The molecule has 1 saturated heterocycles. The van der Waals surface area contributed by atoms with Gasteiger partial charge >= 0.3 is 0 Å². The molecule has 0 amide bonds. The summed E-state index contributed by atoms with van der Waals surface area (Å²) in [5, 5.41) is 13.8. The van der Waals surface area contributed by atoms with Crippen LogP contribution >= 0.6 is 0 Å². The summed E-state index contributed by atoms with van der Waals surface area (Å²) in [5.41, 5.74) is 1.08. The van der Waals surface area contributed by atoms with Crippen molar-refractivity contribution in [2.45, 2.75) is 25.3 Å². The van der Waals surface area contributed by atoms with Crippen LogP contribution in [0.25, 0.3) is 0 Å². The number of nitrogens with one attached hydrogen (secondary N) is 1. The Balaban J connectivity index is 1.78. The van der Waals surface area contributed by atoms with Crippen LogP contribution in [-0.4, -0.2) is 36.0 Å². The molecular formula is C13H19N3O2. The van der Waals surface area contributed by atoms with E-state index in [1.54, 1.807) is 12.1 Å². The molecule has 1 aliphatic rings.